The van der Waals surface area contributed by atoms with Crippen LogP contribution in [0.4, 0.5) is 5.95 Å². The number of aromatic nitrogens is 3. The van der Waals surface area contributed by atoms with Crippen molar-refractivity contribution < 1.29 is 9.53 Å². The first kappa shape index (κ1) is 17.7. The van der Waals surface area contributed by atoms with Crippen LogP contribution in [0.5, 0.6) is 0 Å². The molecular formula is C16H27N5O2S. The highest BCUT2D eigenvalue weighted by atomic mass is 32.2. The topological polar surface area (TPSA) is 81.1 Å². The summed E-state index contributed by atoms with van der Waals surface area (Å²) in [6.45, 7) is 2.87. The summed E-state index contributed by atoms with van der Waals surface area (Å²) in [4.78, 5) is 16.7. The van der Waals surface area contributed by atoms with Gasteiger partial charge in [-0.05, 0) is 45.2 Å². The summed E-state index contributed by atoms with van der Waals surface area (Å²) < 4.78 is 7.35. The summed E-state index contributed by atoms with van der Waals surface area (Å²) in [5, 5.41) is 10.7. The van der Waals surface area contributed by atoms with Gasteiger partial charge in [0, 0.05) is 25.3 Å². The summed E-state index contributed by atoms with van der Waals surface area (Å²) >= 11 is 1.63. The van der Waals surface area contributed by atoms with Gasteiger partial charge >= 0.3 is 0 Å². The molecule has 1 aromatic rings. The molecule has 1 unspecified atom stereocenters. The average Bonchev–Trinajstić information content (AvgIpc) is 2.97. The first-order valence-corrected chi connectivity index (χ1v) is 9.98. The lowest BCUT2D eigenvalue weighted by Gasteiger charge is -2.21. The number of rotatable bonds is 6. The number of nitrogens with one attached hydrogen (secondary N) is 2. The quantitative estimate of drug-likeness (QED) is 0.807. The molecule has 0 radical (unpaired) electrons. The van der Waals surface area contributed by atoms with E-state index in [1.165, 1.54) is 6.42 Å². The minimum Gasteiger partial charge on any atom is -0.377 e. The first-order chi connectivity index (χ1) is 11.7. The zero-order chi connectivity index (χ0) is 16.8. The molecule has 1 amide bonds. The molecule has 2 aliphatic rings. The Hall–Kier alpha value is -1.12. The molecule has 0 spiro atoms. The van der Waals surface area contributed by atoms with Crippen molar-refractivity contribution in [2.75, 3.05) is 36.5 Å². The van der Waals surface area contributed by atoms with Crippen LogP contribution in [-0.2, 0) is 16.6 Å². The van der Waals surface area contributed by atoms with Crippen molar-refractivity contribution in [2.45, 2.75) is 44.1 Å². The Morgan fingerprint density at radius 2 is 2.21 bits per heavy atom. The van der Waals surface area contributed by atoms with Gasteiger partial charge in [0.25, 0.3) is 0 Å². The number of piperidine rings is 1. The predicted octanol–water partition coefficient (Wildman–Crippen LogP) is 1.52. The van der Waals surface area contributed by atoms with Gasteiger partial charge in [0.2, 0.25) is 11.9 Å². The molecule has 2 saturated heterocycles. The van der Waals surface area contributed by atoms with E-state index in [0.29, 0.717) is 23.7 Å². The van der Waals surface area contributed by atoms with E-state index < -0.39 is 0 Å². The van der Waals surface area contributed by atoms with E-state index in [0.717, 1.165) is 57.0 Å². The molecule has 2 N–H and O–H groups in total. The van der Waals surface area contributed by atoms with E-state index >= 15 is 0 Å². The largest absolute Gasteiger partial charge is 0.377 e. The third kappa shape index (κ3) is 4.94. The van der Waals surface area contributed by atoms with Crippen LogP contribution in [0.3, 0.4) is 0 Å². The van der Waals surface area contributed by atoms with Crippen molar-refractivity contribution >= 4 is 23.6 Å². The highest BCUT2D eigenvalue weighted by molar-refractivity contribution is 8.00. The lowest BCUT2D eigenvalue weighted by molar-refractivity contribution is -0.113. The van der Waals surface area contributed by atoms with Crippen LogP contribution >= 0.6 is 11.8 Å². The zero-order valence-electron chi connectivity index (χ0n) is 14.3. The Morgan fingerprint density at radius 1 is 1.38 bits per heavy atom. The average molecular weight is 353 g/mol. The second-order valence-corrected chi connectivity index (χ2v) is 7.52. The van der Waals surface area contributed by atoms with Crippen LogP contribution in [0.2, 0.25) is 0 Å². The van der Waals surface area contributed by atoms with Gasteiger partial charge < -0.3 is 10.1 Å². The van der Waals surface area contributed by atoms with Gasteiger partial charge in [0.05, 0.1) is 11.9 Å². The minimum atomic E-state index is -0.0248. The van der Waals surface area contributed by atoms with E-state index in [1.54, 1.807) is 16.4 Å². The molecule has 1 aromatic heterocycles. The monoisotopic (exact) mass is 353 g/mol. The fourth-order valence-electron chi connectivity index (χ4n) is 3.15. The molecule has 1 atom stereocenters. The van der Waals surface area contributed by atoms with E-state index in [-0.39, 0.29) is 5.91 Å². The number of thioether (sulfide) groups is 1. The zero-order valence-corrected chi connectivity index (χ0v) is 15.1. The lowest BCUT2D eigenvalue weighted by Crippen LogP contribution is -2.27. The fraction of sp³-hybridized carbons (Fsp3) is 0.812. The van der Waals surface area contributed by atoms with Crippen molar-refractivity contribution in [1.82, 2.24) is 20.1 Å². The Bertz CT molecular complexity index is 539. The van der Waals surface area contributed by atoms with Gasteiger partial charge in [-0.2, -0.15) is 10.1 Å². The Balaban J connectivity index is 1.44. The van der Waals surface area contributed by atoms with Crippen LogP contribution in [0.25, 0.3) is 0 Å². The van der Waals surface area contributed by atoms with Gasteiger partial charge in [0.15, 0.2) is 5.82 Å². The maximum Gasteiger partial charge on any atom is 0.236 e. The van der Waals surface area contributed by atoms with Crippen molar-refractivity contribution in [3.05, 3.63) is 5.82 Å². The SMILES string of the molecule is Cn1nc(C2CCNCC2)nc1NC(=O)CSCC1CCCCO1. The number of carbonyl (C=O) groups excluding carboxylic acids is 1. The first-order valence-electron chi connectivity index (χ1n) is 8.83. The second-order valence-electron chi connectivity index (χ2n) is 6.49. The van der Waals surface area contributed by atoms with Gasteiger partial charge in [-0.15, -0.1) is 11.8 Å². The molecule has 2 aliphatic heterocycles. The molecule has 0 aliphatic carbocycles. The van der Waals surface area contributed by atoms with E-state index in [1.807, 2.05) is 7.05 Å². The number of carbonyl (C=O) groups is 1. The maximum atomic E-state index is 12.1. The molecule has 3 heterocycles. The molecule has 8 heteroatoms. The molecule has 0 bridgehead atoms. The van der Waals surface area contributed by atoms with Crippen molar-refractivity contribution in [3.8, 4) is 0 Å². The smallest absolute Gasteiger partial charge is 0.236 e. The molecule has 3 rings (SSSR count). The van der Waals surface area contributed by atoms with E-state index in [9.17, 15) is 4.79 Å². The highest BCUT2D eigenvalue weighted by Crippen LogP contribution is 2.23. The number of aryl methyl sites for hydroxylation is 1. The number of hydrogen-bond acceptors (Lipinski definition) is 6. The summed E-state index contributed by atoms with van der Waals surface area (Å²) in [6.07, 6.45) is 5.90. The summed E-state index contributed by atoms with van der Waals surface area (Å²) in [5.41, 5.74) is 0. The molecule has 7 nitrogen and oxygen atoms in total. The van der Waals surface area contributed by atoms with Crippen LogP contribution in [0.15, 0.2) is 0 Å². The summed E-state index contributed by atoms with van der Waals surface area (Å²) in [5.74, 6) is 3.06. The highest BCUT2D eigenvalue weighted by Gasteiger charge is 2.21. The Kier molecular flexibility index (Phi) is 6.51. The van der Waals surface area contributed by atoms with Gasteiger partial charge in [-0.3, -0.25) is 10.1 Å². The lowest BCUT2D eigenvalue weighted by atomic mass is 9.98. The number of ether oxygens (including phenoxy) is 1. The molecule has 0 aromatic carbocycles. The third-order valence-corrected chi connectivity index (χ3v) is 5.62. The Morgan fingerprint density at radius 3 is 2.96 bits per heavy atom. The third-order valence-electron chi connectivity index (χ3n) is 4.55. The van der Waals surface area contributed by atoms with Gasteiger partial charge in [0.1, 0.15) is 0 Å². The molecular weight excluding hydrogens is 326 g/mol. The summed E-state index contributed by atoms with van der Waals surface area (Å²) in [7, 11) is 1.83. The van der Waals surface area contributed by atoms with Gasteiger partial charge in [-0.25, -0.2) is 4.68 Å². The number of nitrogens with zero attached hydrogens (tertiary/aromatic N) is 3. The maximum absolute atomic E-state index is 12.1. The van der Waals surface area contributed by atoms with Crippen LogP contribution < -0.4 is 10.6 Å². The standard InChI is InChI=1S/C16H27N5O2S/c1-21-16(19-15(20-21)12-5-7-17-8-6-12)18-14(22)11-24-10-13-4-2-3-9-23-13/h12-13,17H,2-11H2,1H3,(H,18,19,20,22). The number of amides is 1. The number of anilines is 1. The Labute approximate surface area is 147 Å². The normalized spacial score (nSPS) is 22.5. The van der Waals surface area contributed by atoms with Crippen molar-refractivity contribution in [2.24, 2.45) is 7.05 Å². The fourth-order valence-corrected chi connectivity index (χ4v) is 4.05. The van der Waals surface area contributed by atoms with Gasteiger partial charge in [-0.1, -0.05) is 0 Å². The van der Waals surface area contributed by atoms with Crippen LogP contribution in [-0.4, -0.2) is 58.0 Å². The predicted molar refractivity (Wildman–Crippen MR) is 95.4 cm³/mol. The minimum absolute atomic E-state index is 0.0248. The number of hydrogen-bond donors (Lipinski definition) is 2. The van der Waals surface area contributed by atoms with Crippen molar-refractivity contribution in [3.63, 3.8) is 0 Å². The molecule has 0 saturated carbocycles. The summed E-state index contributed by atoms with van der Waals surface area (Å²) in [6, 6.07) is 0. The second kappa shape index (κ2) is 8.82. The van der Waals surface area contributed by atoms with Crippen LogP contribution in [0.1, 0.15) is 43.8 Å². The van der Waals surface area contributed by atoms with E-state index in [4.69, 9.17) is 4.74 Å². The molecule has 134 valence electrons. The van der Waals surface area contributed by atoms with E-state index in [2.05, 4.69) is 20.7 Å². The van der Waals surface area contributed by atoms with Crippen molar-refractivity contribution in [1.29, 1.82) is 0 Å². The van der Waals surface area contributed by atoms with Crippen LogP contribution in [0, 0.1) is 0 Å². The molecule has 2 fully saturated rings. The molecule has 24 heavy (non-hydrogen) atoms.